The summed E-state index contributed by atoms with van der Waals surface area (Å²) in [4.78, 5) is 55.7. The van der Waals surface area contributed by atoms with Crippen molar-refractivity contribution in [2.45, 2.75) is 84.0 Å². The maximum Gasteiger partial charge on any atom is 0.326 e. The third kappa shape index (κ3) is 9.16. The van der Waals surface area contributed by atoms with Crippen molar-refractivity contribution in [1.29, 1.82) is 0 Å². The lowest BCUT2D eigenvalue weighted by Gasteiger charge is -2.30. The average Bonchev–Trinajstić information content (AvgIpc) is 3.23. The van der Waals surface area contributed by atoms with Crippen LogP contribution in [0, 0.1) is 11.8 Å². The maximum atomic E-state index is 13.2. The summed E-state index contributed by atoms with van der Waals surface area (Å²) in [5.41, 5.74) is 16.6. The minimum Gasteiger partial charge on any atom is -0.480 e. The van der Waals surface area contributed by atoms with Crippen LogP contribution in [0.25, 0.3) is 0 Å². The Bertz CT molecular complexity index is 752. The summed E-state index contributed by atoms with van der Waals surface area (Å²) in [5.74, 6) is -2.67. The third-order valence-electron chi connectivity index (χ3n) is 5.74. The van der Waals surface area contributed by atoms with Crippen molar-refractivity contribution in [1.82, 2.24) is 15.5 Å². The normalized spacial score (nSPS) is 18.3. The number of nitrogens with one attached hydrogen (secondary N) is 2. The predicted molar refractivity (Wildman–Crippen MR) is 128 cm³/mol. The summed E-state index contributed by atoms with van der Waals surface area (Å²) < 4.78 is 0. The molecule has 0 aromatic heterocycles. The molecule has 0 aromatic carbocycles. The summed E-state index contributed by atoms with van der Waals surface area (Å²) >= 11 is 0. The highest BCUT2D eigenvalue weighted by Crippen LogP contribution is 2.20. The van der Waals surface area contributed by atoms with Crippen LogP contribution >= 0.6 is 0 Å². The molecule has 0 aromatic rings. The molecule has 1 heterocycles. The molecule has 1 aliphatic rings. The number of aliphatic imine (C=N–C) groups is 1. The lowest BCUT2D eigenvalue weighted by Crippen LogP contribution is -2.57. The first kappa shape index (κ1) is 29.1. The largest absolute Gasteiger partial charge is 0.480 e. The molecule has 0 spiro atoms. The van der Waals surface area contributed by atoms with Gasteiger partial charge in [-0.3, -0.25) is 19.4 Å². The number of carbonyl (C=O) groups excluding carboxylic acids is 3. The number of carboxylic acids is 1. The van der Waals surface area contributed by atoms with Crippen LogP contribution in [0.15, 0.2) is 4.99 Å². The van der Waals surface area contributed by atoms with Gasteiger partial charge in [0.1, 0.15) is 18.1 Å². The molecule has 0 aliphatic carbocycles. The first-order valence-electron chi connectivity index (χ1n) is 11.8. The molecule has 194 valence electrons. The Balaban J connectivity index is 3.02. The van der Waals surface area contributed by atoms with Crippen molar-refractivity contribution in [3.63, 3.8) is 0 Å². The highest BCUT2D eigenvalue weighted by Gasteiger charge is 2.38. The fourth-order valence-electron chi connectivity index (χ4n) is 3.80. The van der Waals surface area contributed by atoms with Crippen LogP contribution in [0.2, 0.25) is 0 Å². The van der Waals surface area contributed by atoms with E-state index < -0.39 is 47.9 Å². The van der Waals surface area contributed by atoms with E-state index in [1.165, 1.54) is 4.90 Å². The van der Waals surface area contributed by atoms with Gasteiger partial charge in [0, 0.05) is 13.1 Å². The minimum atomic E-state index is -1.06. The number of guanidine groups is 1. The number of carbonyl (C=O) groups is 4. The second-order valence-corrected chi connectivity index (χ2v) is 9.50. The second-order valence-electron chi connectivity index (χ2n) is 9.50. The minimum absolute atomic E-state index is 0.0596. The average molecular weight is 484 g/mol. The number of rotatable bonds is 13. The molecule has 0 bridgehead atoms. The molecule has 0 saturated carbocycles. The molecule has 1 aliphatic heterocycles. The predicted octanol–water partition coefficient (Wildman–Crippen LogP) is -0.885. The Kier molecular flexibility index (Phi) is 11.8. The molecule has 4 unspecified atom stereocenters. The van der Waals surface area contributed by atoms with Gasteiger partial charge < -0.3 is 37.8 Å². The summed E-state index contributed by atoms with van der Waals surface area (Å²) in [6.07, 6.45) is 1.92. The van der Waals surface area contributed by atoms with Crippen molar-refractivity contribution in [3.8, 4) is 0 Å². The first-order valence-corrected chi connectivity index (χ1v) is 11.8. The highest BCUT2D eigenvalue weighted by atomic mass is 16.4. The number of likely N-dealkylation sites (tertiary alicyclic amines) is 1. The molecule has 34 heavy (non-hydrogen) atoms. The second kappa shape index (κ2) is 13.7. The molecular formula is C22H41N7O5. The van der Waals surface area contributed by atoms with Gasteiger partial charge in [-0.1, -0.05) is 27.7 Å². The van der Waals surface area contributed by atoms with Gasteiger partial charge in [-0.05, 0) is 43.9 Å². The SMILES string of the molecule is CC(C)CC(NC(=O)C(CCCN=C(N)N)NC(=O)C(N)C(C)C)C(=O)N1CCCC1C(=O)O. The zero-order chi connectivity index (χ0) is 26.0. The third-order valence-corrected chi connectivity index (χ3v) is 5.74. The van der Waals surface area contributed by atoms with Gasteiger partial charge in [0.15, 0.2) is 5.96 Å². The molecule has 0 radical (unpaired) electrons. The number of carboxylic acid groups (broad SMARTS) is 1. The van der Waals surface area contributed by atoms with Crippen molar-refractivity contribution in [3.05, 3.63) is 0 Å². The number of amides is 3. The Morgan fingerprint density at radius 2 is 1.68 bits per heavy atom. The van der Waals surface area contributed by atoms with Crippen molar-refractivity contribution >= 4 is 29.7 Å². The van der Waals surface area contributed by atoms with Gasteiger partial charge in [0.2, 0.25) is 17.7 Å². The zero-order valence-electron chi connectivity index (χ0n) is 20.6. The van der Waals surface area contributed by atoms with Crippen LogP contribution in [0.5, 0.6) is 0 Å². The van der Waals surface area contributed by atoms with E-state index in [1.807, 2.05) is 13.8 Å². The van der Waals surface area contributed by atoms with Gasteiger partial charge in [0.25, 0.3) is 0 Å². The Morgan fingerprint density at radius 1 is 1.06 bits per heavy atom. The first-order chi connectivity index (χ1) is 15.8. The van der Waals surface area contributed by atoms with Gasteiger partial charge in [-0.25, -0.2) is 4.79 Å². The van der Waals surface area contributed by atoms with Crippen LogP contribution in [0.3, 0.4) is 0 Å². The van der Waals surface area contributed by atoms with E-state index >= 15 is 0 Å². The summed E-state index contributed by atoms with van der Waals surface area (Å²) in [6, 6.07) is -3.58. The monoisotopic (exact) mass is 483 g/mol. The Morgan fingerprint density at radius 3 is 2.21 bits per heavy atom. The van der Waals surface area contributed by atoms with Crippen LogP contribution in [-0.2, 0) is 19.2 Å². The van der Waals surface area contributed by atoms with Crippen LogP contribution < -0.4 is 27.8 Å². The van der Waals surface area contributed by atoms with E-state index in [9.17, 15) is 24.3 Å². The van der Waals surface area contributed by atoms with E-state index in [0.717, 1.165) is 0 Å². The fourth-order valence-corrected chi connectivity index (χ4v) is 3.80. The fraction of sp³-hybridized carbons (Fsp3) is 0.773. The molecule has 1 rings (SSSR count). The van der Waals surface area contributed by atoms with Crippen molar-refractivity contribution < 1.29 is 24.3 Å². The number of hydrogen-bond donors (Lipinski definition) is 6. The summed E-state index contributed by atoms with van der Waals surface area (Å²) in [7, 11) is 0. The molecule has 9 N–H and O–H groups in total. The van der Waals surface area contributed by atoms with Gasteiger partial charge in [0.05, 0.1) is 6.04 Å². The van der Waals surface area contributed by atoms with Crippen molar-refractivity contribution in [2.75, 3.05) is 13.1 Å². The lowest BCUT2D eigenvalue weighted by molar-refractivity contribution is -0.149. The van der Waals surface area contributed by atoms with E-state index in [2.05, 4.69) is 15.6 Å². The summed E-state index contributed by atoms with van der Waals surface area (Å²) in [6.45, 7) is 7.99. The molecule has 12 nitrogen and oxygen atoms in total. The smallest absolute Gasteiger partial charge is 0.326 e. The van der Waals surface area contributed by atoms with E-state index in [-0.39, 0.29) is 30.8 Å². The van der Waals surface area contributed by atoms with Gasteiger partial charge in [-0.2, -0.15) is 0 Å². The molecule has 3 amide bonds. The van der Waals surface area contributed by atoms with Crippen LogP contribution in [-0.4, -0.2) is 76.9 Å². The molecule has 12 heteroatoms. The Labute approximate surface area is 201 Å². The molecule has 1 saturated heterocycles. The number of aliphatic carboxylic acids is 1. The standard InChI is InChI=1S/C22H41N7O5/c1-12(2)11-15(20(32)29-10-6-8-16(29)21(33)34)28-18(30)14(7-5-9-26-22(24)25)27-19(31)17(23)13(3)4/h12-17H,5-11,23H2,1-4H3,(H,27,31)(H,28,30)(H,33,34)(H4,24,25,26). The Hall–Kier alpha value is -2.89. The van der Waals surface area contributed by atoms with E-state index in [0.29, 0.717) is 32.2 Å². The zero-order valence-corrected chi connectivity index (χ0v) is 20.6. The molecule has 4 atom stereocenters. The number of hydrogen-bond acceptors (Lipinski definition) is 6. The van der Waals surface area contributed by atoms with E-state index in [1.54, 1.807) is 13.8 Å². The van der Waals surface area contributed by atoms with E-state index in [4.69, 9.17) is 17.2 Å². The van der Waals surface area contributed by atoms with Gasteiger partial charge >= 0.3 is 5.97 Å². The quantitative estimate of drug-likeness (QED) is 0.110. The van der Waals surface area contributed by atoms with Crippen molar-refractivity contribution in [2.24, 2.45) is 34.0 Å². The topological polar surface area (TPSA) is 206 Å². The van der Waals surface area contributed by atoms with Gasteiger partial charge in [-0.15, -0.1) is 0 Å². The van der Waals surface area contributed by atoms with Crippen LogP contribution in [0.1, 0.15) is 59.8 Å². The summed E-state index contributed by atoms with van der Waals surface area (Å²) in [5, 5.41) is 14.9. The van der Waals surface area contributed by atoms with Crippen LogP contribution in [0.4, 0.5) is 0 Å². The number of nitrogens with zero attached hydrogens (tertiary/aromatic N) is 2. The molecular weight excluding hydrogens is 442 g/mol. The maximum absolute atomic E-state index is 13.2. The lowest BCUT2D eigenvalue weighted by atomic mass is 10.0. The number of nitrogens with two attached hydrogens (primary N) is 3. The molecule has 1 fully saturated rings. The highest BCUT2D eigenvalue weighted by molar-refractivity contribution is 5.94.